The third-order valence-corrected chi connectivity index (χ3v) is 2.79. The topological polar surface area (TPSA) is 71.4 Å². The van der Waals surface area contributed by atoms with Gasteiger partial charge in [-0.2, -0.15) is 5.26 Å². The number of carbonyl (C=O) groups is 1. The van der Waals surface area contributed by atoms with Crippen molar-refractivity contribution >= 4 is 11.6 Å². The summed E-state index contributed by atoms with van der Waals surface area (Å²) in [5.41, 5.74) is 0.541. The van der Waals surface area contributed by atoms with Gasteiger partial charge in [-0.15, -0.1) is 0 Å². The summed E-state index contributed by atoms with van der Waals surface area (Å²) in [7, 11) is 3.08. The lowest BCUT2D eigenvalue weighted by Gasteiger charge is -2.12. The number of benzene rings is 1. The lowest BCUT2D eigenvalue weighted by Crippen LogP contribution is -2.16. The molecule has 0 aliphatic carbocycles. The minimum atomic E-state index is -0.267. The molecule has 1 rings (SSSR count). The number of carbonyl (C=O) groups excluding carboxylic acids is 1. The Morgan fingerprint density at radius 2 is 2.16 bits per heavy atom. The SMILES string of the molecule is CCC(C#N)CC(=O)Nc1cc(OC)ccc1OC. The average Bonchev–Trinajstić information content (AvgIpc) is 2.44. The number of anilines is 1. The highest BCUT2D eigenvalue weighted by molar-refractivity contribution is 5.92. The van der Waals surface area contributed by atoms with E-state index in [4.69, 9.17) is 14.7 Å². The van der Waals surface area contributed by atoms with Crippen LogP contribution < -0.4 is 14.8 Å². The summed E-state index contributed by atoms with van der Waals surface area (Å²) in [6.07, 6.45) is 0.826. The first kappa shape index (κ1) is 14.8. The van der Waals surface area contributed by atoms with Crippen molar-refractivity contribution in [3.63, 3.8) is 0 Å². The first-order chi connectivity index (χ1) is 9.14. The van der Waals surface area contributed by atoms with Crippen molar-refractivity contribution in [2.75, 3.05) is 19.5 Å². The summed E-state index contributed by atoms with van der Waals surface area (Å²) >= 11 is 0. The molecule has 0 bridgehead atoms. The van der Waals surface area contributed by atoms with Crippen LogP contribution in [0.4, 0.5) is 5.69 Å². The van der Waals surface area contributed by atoms with E-state index in [0.717, 1.165) is 0 Å². The first-order valence-corrected chi connectivity index (χ1v) is 6.06. The molecule has 1 aromatic rings. The predicted molar refractivity (Wildman–Crippen MR) is 72.2 cm³/mol. The fourth-order valence-corrected chi connectivity index (χ4v) is 1.62. The minimum absolute atomic E-state index is 0.174. The van der Waals surface area contributed by atoms with Crippen LogP contribution in [0.2, 0.25) is 0 Å². The Kier molecular flexibility index (Phi) is 5.68. The van der Waals surface area contributed by atoms with Gasteiger partial charge in [-0.3, -0.25) is 4.79 Å². The van der Waals surface area contributed by atoms with Gasteiger partial charge in [-0.25, -0.2) is 0 Å². The molecule has 1 atom stereocenters. The molecule has 1 aromatic carbocycles. The molecule has 1 unspecified atom stereocenters. The van der Waals surface area contributed by atoms with Gasteiger partial charge in [0.15, 0.2) is 0 Å². The molecule has 1 N–H and O–H groups in total. The number of amides is 1. The van der Waals surface area contributed by atoms with Crippen molar-refractivity contribution in [2.24, 2.45) is 5.92 Å². The molecular formula is C14H18N2O3. The second-order valence-corrected chi connectivity index (χ2v) is 4.05. The van der Waals surface area contributed by atoms with E-state index in [1.165, 1.54) is 7.11 Å². The largest absolute Gasteiger partial charge is 0.497 e. The summed E-state index contributed by atoms with van der Waals surface area (Å²) in [4.78, 5) is 11.8. The Hall–Kier alpha value is -2.22. The van der Waals surface area contributed by atoms with Crippen molar-refractivity contribution in [3.8, 4) is 17.6 Å². The Labute approximate surface area is 113 Å². The number of hydrogen-bond donors (Lipinski definition) is 1. The summed E-state index contributed by atoms with van der Waals surface area (Å²) in [5, 5.41) is 11.6. The monoisotopic (exact) mass is 262 g/mol. The van der Waals surface area contributed by atoms with Crippen LogP contribution in [0, 0.1) is 17.2 Å². The van der Waals surface area contributed by atoms with Crippen LogP contribution >= 0.6 is 0 Å². The Morgan fingerprint density at radius 3 is 2.68 bits per heavy atom. The summed E-state index contributed by atoms with van der Waals surface area (Å²) in [5.74, 6) is 0.708. The maximum Gasteiger partial charge on any atom is 0.225 e. The van der Waals surface area contributed by atoms with Gasteiger partial charge < -0.3 is 14.8 Å². The zero-order valence-corrected chi connectivity index (χ0v) is 11.4. The van der Waals surface area contributed by atoms with Gasteiger partial charge in [0, 0.05) is 12.5 Å². The zero-order valence-electron chi connectivity index (χ0n) is 11.4. The van der Waals surface area contributed by atoms with Gasteiger partial charge in [-0.1, -0.05) is 6.92 Å². The van der Waals surface area contributed by atoms with E-state index in [9.17, 15) is 4.79 Å². The van der Waals surface area contributed by atoms with Crippen LogP contribution in [0.25, 0.3) is 0 Å². The van der Waals surface area contributed by atoms with Crippen LogP contribution in [-0.4, -0.2) is 20.1 Å². The van der Waals surface area contributed by atoms with Crippen molar-refractivity contribution in [1.82, 2.24) is 0 Å². The second kappa shape index (κ2) is 7.27. The molecule has 19 heavy (non-hydrogen) atoms. The molecule has 5 heteroatoms. The molecule has 0 fully saturated rings. The fourth-order valence-electron chi connectivity index (χ4n) is 1.62. The quantitative estimate of drug-likeness (QED) is 0.855. The molecule has 102 valence electrons. The van der Waals surface area contributed by atoms with E-state index >= 15 is 0 Å². The standard InChI is InChI=1S/C14H18N2O3/c1-4-10(9-15)7-14(17)16-12-8-11(18-2)5-6-13(12)19-3/h5-6,8,10H,4,7H2,1-3H3,(H,16,17). The highest BCUT2D eigenvalue weighted by Gasteiger charge is 2.13. The first-order valence-electron chi connectivity index (χ1n) is 6.06. The number of methoxy groups -OCH3 is 2. The molecule has 0 aliphatic rings. The molecule has 1 amide bonds. The lowest BCUT2D eigenvalue weighted by atomic mass is 10.0. The highest BCUT2D eigenvalue weighted by atomic mass is 16.5. The molecule has 0 aromatic heterocycles. The van der Waals surface area contributed by atoms with E-state index in [1.807, 2.05) is 6.92 Å². The van der Waals surface area contributed by atoms with E-state index in [2.05, 4.69) is 11.4 Å². The van der Waals surface area contributed by atoms with Crippen molar-refractivity contribution in [2.45, 2.75) is 19.8 Å². The molecule has 5 nitrogen and oxygen atoms in total. The van der Waals surface area contributed by atoms with E-state index < -0.39 is 0 Å². The molecule has 0 heterocycles. The van der Waals surface area contributed by atoms with Crippen LogP contribution in [0.5, 0.6) is 11.5 Å². The molecule has 0 spiro atoms. The van der Waals surface area contributed by atoms with Gasteiger partial charge in [0.1, 0.15) is 11.5 Å². The maximum atomic E-state index is 11.8. The Bertz CT molecular complexity index is 480. The molecular weight excluding hydrogens is 244 g/mol. The predicted octanol–water partition coefficient (Wildman–Crippen LogP) is 2.58. The van der Waals surface area contributed by atoms with E-state index in [-0.39, 0.29) is 18.2 Å². The van der Waals surface area contributed by atoms with Crippen molar-refractivity contribution in [3.05, 3.63) is 18.2 Å². The Balaban J connectivity index is 2.80. The third kappa shape index (κ3) is 4.18. The minimum Gasteiger partial charge on any atom is -0.497 e. The lowest BCUT2D eigenvalue weighted by molar-refractivity contribution is -0.116. The van der Waals surface area contributed by atoms with Crippen LogP contribution in [-0.2, 0) is 4.79 Å². The number of ether oxygens (including phenoxy) is 2. The molecule has 0 saturated heterocycles. The van der Waals surface area contributed by atoms with Crippen LogP contribution in [0.15, 0.2) is 18.2 Å². The van der Waals surface area contributed by atoms with E-state index in [0.29, 0.717) is 23.6 Å². The number of nitriles is 1. The summed E-state index contributed by atoms with van der Waals surface area (Å²) in [6, 6.07) is 7.25. The van der Waals surface area contributed by atoms with Crippen LogP contribution in [0.3, 0.4) is 0 Å². The van der Waals surface area contributed by atoms with Gasteiger partial charge in [0.25, 0.3) is 0 Å². The summed E-state index contributed by atoms with van der Waals surface area (Å²) < 4.78 is 10.3. The number of hydrogen-bond acceptors (Lipinski definition) is 4. The van der Waals surface area contributed by atoms with Gasteiger partial charge in [0.05, 0.1) is 31.9 Å². The second-order valence-electron chi connectivity index (χ2n) is 4.05. The van der Waals surface area contributed by atoms with E-state index in [1.54, 1.807) is 25.3 Å². The molecule has 0 radical (unpaired) electrons. The number of rotatable bonds is 6. The molecule has 0 aliphatic heterocycles. The molecule has 0 saturated carbocycles. The highest BCUT2D eigenvalue weighted by Crippen LogP contribution is 2.29. The fraction of sp³-hybridized carbons (Fsp3) is 0.429. The maximum absolute atomic E-state index is 11.8. The van der Waals surface area contributed by atoms with Gasteiger partial charge in [0.2, 0.25) is 5.91 Å². The third-order valence-electron chi connectivity index (χ3n) is 2.79. The zero-order chi connectivity index (χ0) is 14.3. The smallest absolute Gasteiger partial charge is 0.225 e. The number of nitrogens with zero attached hydrogens (tertiary/aromatic N) is 1. The summed E-state index contributed by atoms with van der Waals surface area (Å²) in [6.45, 7) is 1.88. The van der Waals surface area contributed by atoms with Gasteiger partial charge in [-0.05, 0) is 18.6 Å². The normalized spacial score (nSPS) is 11.3. The van der Waals surface area contributed by atoms with Crippen molar-refractivity contribution in [1.29, 1.82) is 5.26 Å². The average molecular weight is 262 g/mol. The number of nitrogens with one attached hydrogen (secondary N) is 1. The van der Waals surface area contributed by atoms with Gasteiger partial charge >= 0.3 is 0 Å². The van der Waals surface area contributed by atoms with Crippen LogP contribution in [0.1, 0.15) is 19.8 Å². The Morgan fingerprint density at radius 1 is 1.42 bits per heavy atom. The van der Waals surface area contributed by atoms with Crippen molar-refractivity contribution < 1.29 is 14.3 Å².